The molecule has 16 heavy (non-hydrogen) atoms. The second-order valence-electron chi connectivity index (χ2n) is 3.46. The van der Waals surface area contributed by atoms with Gasteiger partial charge in [0.15, 0.2) is 5.78 Å². The number of allylic oxidation sites excluding steroid dienone is 2. The van der Waals surface area contributed by atoms with Crippen LogP contribution >= 0.6 is 0 Å². The number of aliphatic imine (C=N–C) groups is 1. The molecule has 0 fully saturated rings. The minimum absolute atomic E-state index is 0.00754. The van der Waals surface area contributed by atoms with Gasteiger partial charge in [-0.05, 0) is 6.42 Å². The number of hydrogen-bond acceptors (Lipinski definition) is 5. The van der Waals surface area contributed by atoms with Gasteiger partial charge in [-0.2, -0.15) is 8.42 Å². The van der Waals surface area contributed by atoms with Crippen LogP contribution < -0.4 is 0 Å². The molecule has 0 aliphatic heterocycles. The zero-order chi connectivity index (χ0) is 12.2. The molecule has 0 amide bonds. The largest absolute Gasteiger partial charge is 0.512 e. The van der Waals surface area contributed by atoms with Gasteiger partial charge in [-0.25, -0.2) is 0 Å². The van der Waals surface area contributed by atoms with Gasteiger partial charge in [-0.15, -0.1) is 0 Å². The summed E-state index contributed by atoms with van der Waals surface area (Å²) in [6.07, 6.45) is 2.59. The third-order valence-corrected chi connectivity index (χ3v) is 2.83. The van der Waals surface area contributed by atoms with Crippen molar-refractivity contribution in [2.45, 2.75) is 19.3 Å². The Balaban J connectivity index is 2.59. The van der Waals surface area contributed by atoms with Crippen LogP contribution in [0.15, 0.2) is 16.3 Å². The van der Waals surface area contributed by atoms with Gasteiger partial charge in [-0.3, -0.25) is 14.3 Å². The molecule has 0 radical (unpaired) electrons. The number of hydrogen-bond donors (Lipinski definition) is 2. The van der Waals surface area contributed by atoms with Crippen molar-refractivity contribution in [1.82, 2.24) is 0 Å². The Morgan fingerprint density at radius 1 is 1.38 bits per heavy atom. The third kappa shape index (κ3) is 4.11. The third-order valence-electron chi connectivity index (χ3n) is 2.13. The summed E-state index contributed by atoms with van der Waals surface area (Å²) in [5, 5.41) is 9.40. The smallest absolute Gasteiger partial charge is 0.266 e. The summed E-state index contributed by atoms with van der Waals surface area (Å²) in [6.45, 7) is -0.136. The Morgan fingerprint density at radius 3 is 2.62 bits per heavy atom. The fraction of sp³-hybridized carbons (Fsp3) is 0.556. The molecule has 6 nitrogen and oxygen atoms in total. The van der Waals surface area contributed by atoms with Crippen molar-refractivity contribution in [3.63, 3.8) is 0 Å². The molecule has 0 aromatic rings. The van der Waals surface area contributed by atoms with E-state index in [4.69, 9.17) is 4.55 Å². The maximum atomic E-state index is 11.3. The molecule has 2 N–H and O–H groups in total. The van der Waals surface area contributed by atoms with E-state index in [0.717, 1.165) is 0 Å². The van der Waals surface area contributed by atoms with Crippen LogP contribution in [0.25, 0.3) is 0 Å². The first-order valence-corrected chi connectivity index (χ1v) is 6.41. The van der Waals surface area contributed by atoms with E-state index in [9.17, 15) is 18.3 Å². The quantitative estimate of drug-likeness (QED) is 0.556. The lowest BCUT2D eigenvalue weighted by molar-refractivity contribution is -0.115. The molecule has 0 spiro atoms. The molecule has 1 rings (SSSR count). The van der Waals surface area contributed by atoms with E-state index in [1.54, 1.807) is 0 Å². The van der Waals surface area contributed by atoms with E-state index in [2.05, 4.69) is 4.99 Å². The average Bonchev–Trinajstić information content (AvgIpc) is 2.14. The van der Waals surface area contributed by atoms with Crippen molar-refractivity contribution in [1.29, 1.82) is 0 Å². The fourth-order valence-electron chi connectivity index (χ4n) is 1.32. The highest BCUT2D eigenvalue weighted by atomic mass is 32.2. The van der Waals surface area contributed by atoms with Crippen molar-refractivity contribution in [2.75, 3.05) is 12.3 Å². The zero-order valence-corrected chi connectivity index (χ0v) is 9.40. The molecular formula is C9H13NO5S. The van der Waals surface area contributed by atoms with Crippen LogP contribution in [0.3, 0.4) is 0 Å². The van der Waals surface area contributed by atoms with E-state index < -0.39 is 15.9 Å². The Kier molecular flexibility index (Phi) is 4.19. The number of rotatable bonds is 4. The van der Waals surface area contributed by atoms with Gasteiger partial charge in [0.25, 0.3) is 10.1 Å². The number of aliphatic hydroxyl groups is 1. The average molecular weight is 247 g/mol. The molecule has 0 aromatic heterocycles. The molecule has 1 aliphatic rings. The van der Waals surface area contributed by atoms with Crippen LogP contribution in [0.5, 0.6) is 0 Å². The first kappa shape index (κ1) is 12.9. The maximum Gasteiger partial charge on any atom is 0.266 e. The molecule has 0 saturated carbocycles. The molecule has 1 aliphatic carbocycles. The van der Waals surface area contributed by atoms with E-state index in [1.807, 2.05) is 0 Å². The monoisotopic (exact) mass is 247 g/mol. The number of nitrogens with zero attached hydrogens (tertiary/aromatic N) is 1. The first-order chi connectivity index (χ1) is 7.40. The molecule has 0 bridgehead atoms. The SMILES string of the molecule is O=C1CCCC(O)=C1C=NCCS(=O)(=O)O. The Morgan fingerprint density at radius 2 is 2.06 bits per heavy atom. The predicted octanol–water partition coefficient (Wildman–Crippen LogP) is 0.510. The predicted molar refractivity (Wildman–Crippen MR) is 58.3 cm³/mol. The van der Waals surface area contributed by atoms with Crippen LogP contribution in [0.2, 0.25) is 0 Å². The minimum atomic E-state index is -4.03. The summed E-state index contributed by atoms with van der Waals surface area (Å²) < 4.78 is 29.2. The van der Waals surface area contributed by atoms with Gasteiger partial charge >= 0.3 is 0 Å². The molecule has 0 saturated heterocycles. The van der Waals surface area contributed by atoms with Crippen molar-refractivity contribution in [3.8, 4) is 0 Å². The highest BCUT2D eigenvalue weighted by molar-refractivity contribution is 7.85. The molecule has 0 unspecified atom stereocenters. The van der Waals surface area contributed by atoms with Gasteiger partial charge in [0.2, 0.25) is 0 Å². The molecular weight excluding hydrogens is 234 g/mol. The van der Waals surface area contributed by atoms with Crippen molar-refractivity contribution >= 4 is 22.1 Å². The van der Waals surface area contributed by atoms with E-state index in [0.29, 0.717) is 19.3 Å². The number of Topliss-reactive ketones (excluding diaryl/α,β-unsaturated/α-hetero) is 1. The lowest BCUT2D eigenvalue weighted by Crippen LogP contribution is -2.13. The maximum absolute atomic E-state index is 11.3. The van der Waals surface area contributed by atoms with Crippen LogP contribution in [-0.2, 0) is 14.9 Å². The fourth-order valence-corrected chi connectivity index (χ4v) is 1.65. The van der Waals surface area contributed by atoms with Gasteiger partial charge in [0, 0.05) is 19.1 Å². The summed E-state index contributed by atoms with van der Waals surface area (Å²) >= 11 is 0. The first-order valence-electron chi connectivity index (χ1n) is 4.80. The summed E-state index contributed by atoms with van der Waals surface area (Å²) in [4.78, 5) is 15.0. The number of carbonyl (C=O) groups is 1. The number of ketones is 1. The van der Waals surface area contributed by atoms with E-state index in [-0.39, 0.29) is 23.7 Å². The Labute approximate surface area is 93.4 Å². The van der Waals surface area contributed by atoms with Crippen molar-refractivity contribution < 1.29 is 22.9 Å². The summed E-state index contributed by atoms with van der Waals surface area (Å²) in [7, 11) is -4.03. The second-order valence-corrected chi connectivity index (χ2v) is 5.03. The normalized spacial score (nSPS) is 18.4. The van der Waals surface area contributed by atoms with E-state index >= 15 is 0 Å². The lowest BCUT2D eigenvalue weighted by Gasteiger charge is -2.10. The van der Waals surface area contributed by atoms with Gasteiger partial charge in [-0.1, -0.05) is 0 Å². The molecule has 90 valence electrons. The highest BCUT2D eigenvalue weighted by Gasteiger charge is 2.18. The molecule has 7 heteroatoms. The standard InChI is InChI=1S/C9H13NO5S/c11-8-2-1-3-9(12)7(8)6-10-4-5-16(13,14)15/h6,11H,1-5H2,(H,13,14,15). The van der Waals surface area contributed by atoms with Crippen LogP contribution in [-0.4, -0.2) is 42.4 Å². The topological polar surface area (TPSA) is 104 Å². The molecule has 0 heterocycles. The van der Waals surface area contributed by atoms with Gasteiger partial charge < -0.3 is 5.11 Å². The number of aliphatic hydroxyl groups excluding tert-OH is 1. The Bertz CT molecular complexity index is 435. The Hall–Kier alpha value is -1.21. The molecule has 0 atom stereocenters. The number of carbonyl (C=O) groups excluding carboxylic acids is 1. The van der Waals surface area contributed by atoms with Crippen LogP contribution in [0.4, 0.5) is 0 Å². The minimum Gasteiger partial charge on any atom is -0.512 e. The van der Waals surface area contributed by atoms with Crippen molar-refractivity contribution in [3.05, 3.63) is 11.3 Å². The summed E-state index contributed by atoms with van der Waals surface area (Å²) in [5.74, 6) is -0.697. The summed E-state index contributed by atoms with van der Waals surface area (Å²) in [6, 6.07) is 0. The second kappa shape index (κ2) is 5.22. The van der Waals surface area contributed by atoms with Gasteiger partial charge in [0.1, 0.15) is 5.76 Å². The van der Waals surface area contributed by atoms with Crippen molar-refractivity contribution in [2.24, 2.45) is 4.99 Å². The van der Waals surface area contributed by atoms with Crippen LogP contribution in [0, 0.1) is 0 Å². The van der Waals surface area contributed by atoms with Crippen LogP contribution in [0.1, 0.15) is 19.3 Å². The lowest BCUT2D eigenvalue weighted by atomic mass is 9.97. The van der Waals surface area contributed by atoms with Gasteiger partial charge in [0.05, 0.1) is 17.9 Å². The molecule has 0 aromatic carbocycles. The highest BCUT2D eigenvalue weighted by Crippen LogP contribution is 2.18. The summed E-state index contributed by atoms with van der Waals surface area (Å²) in [5.41, 5.74) is 0.140. The zero-order valence-electron chi connectivity index (χ0n) is 8.59. The van der Waals surface area contributed by atoms with E-state index in [1.165, 1.54) is 6.21 Å².